The zero-order chi connectivity index (χ0) is 34.1. The molecule has 1 radical (unpaired) electrons. The monoisotopic (exact) mass is 827 g/mol. The zero-order valence-electron chi connectivity index (χ0n) is 29.8. The van der Waals surface area contributed by atoms with Gasteiger partial charge in [-0.25, -0.2) is 0 Å². The Labute approximate surface area is 308 Å². The van der Waals surface area contributed by atoms with Gasteiger partial charge in [0, 0.05) is 45.1 Å². The Bertz CT molecular complexity index is 1970. The van der Waals surface area contributed by atoms with Gasteiger partial charge in [0.05, 0.1) is 11.6 Å². The van der Waals surface area contributed by atoms with Crippen molar-refractivity contribution in [3.05, 3.63) is 138 Å². The van der Waals surface area contributed by atoms with Crippen LogP contribution < -0.4 is 14.8 Å². The molecule has 1 aliphatic rings. The van der Waals surface area contributed by atoms with Crippen molar-refractivity contribution in [1.29, 1.82) is 5.26 Å². The molecular formula is C44H46AuN4-2. The molecule has 49 heavy (non-hydrogen) atoms. The molecule has 0 atom stereocenters. The number of hydrogen-bond donors (Lipinski definition) is 0. The van der Waals surface area contributed by atoms with Gasteiger partial charge >= 0.3 is 0 Å². The topological polar surface area (TPSA) is 44.4 Å². The van der Waals surface area contributed by atoms with Gasteiger partial charge in [-0.1, -0.05) is 140 Å². The van der Waals surface area contributed by atoms with Crippen molar-refractivity contribution in [2.75, 3.05) is 9.80 Å². The molecule has 5 heteroatoms. The van der Waals surface area contributed by atoms with Crippen LogP contribution in [0.2, 0.25) is 0 Å². The number of nitriles is 1. The molecule has 7 rings (SSSR count). The van der Waals surface area contributed by atoms with Crippen LogP contribution in [-0.2, 0) is 22.4 Å². The first-order valence-corrected chi connectivity index (χ1v) is 17.2. The van der Waals surface area contributed by atoms with Crippen LogP contribution in [0.4, 0.5) is 22.7 Å². The van der Waals surface area contributed by atoms with E-state index in [9.17, 15) is 0 Å². The third-order valence-corrected chi connectivity index (χ3v) is 9.38. The molecule has 0 unspecified atom stereocenters. The third kappa shape index (κ3) is 6.81. The van der Waals surface area contributed by atoms with Crippen LogP contribution in [0.3, 0.4) is 0 Å². The first kappa shape index (κ1) is 36.0. The maximum absolute atomic E-state index is 9.04. The van der Waals surface area contributed by atoms with Gasteiger partial charge in [0.15, 0.2) is 0 Å². The first-order chi connectivity index (χ1) is 23.1. The minimum Gasteiger partial charge on any atom is -0.657 e. The predicted molar refractivity (Wildman–Crippen MR) is 204 cm³/mol. The summed E-state index contributed by atoms with van der Waals surface area (Å²) >= 11 is 0. The van der Waals surface area contributed by atoms with E-state index in [1.165, 1.54) is 45.0 Å². The van der Waals surface area contributed by atoms with Gasteiger partial charge in [-0.05, 0) is 74.9 Å². The van der Waals surface area contributed by atoms with Crippen LogP contribution in [0.1, 0.15) is 107 Å². The molecule has 6 aromatic rings. The zero-order valence-corrected chi connectivity index (χ0v) is 32.0. The van der Waals surface area contributed by atoms with Crippen LogP contribution in [0, 0.1) is 18.0 Å². The van der Waals surface area contributed by atoms with Crippen molar-refractivity contribution in [3.8, 4) is 6.07 Å². The summed E-state index contributed by atoms with van der Waals surface area (Å²) in [6, 6.07) is 38.2. The molecule has 0 aliphatic carbocycles. The van der Waals surface area contributed by atoms with Gasteiger partial charge in [0.2, 0.25) is 0 Å². The van der Waals surface area contributed by atoms with E-state index in [1.54, 1.807) is 0 Å². The minimum absolute atomic E-state index is 0. The van der Waals surface area contributed by atoms with Crippen molar-refractivity contribution in [1.82, 2.24) is 4.98 Å². The van der Waals surface area contributed by atoms with Crippen molar-refractivity contribution in [3.63, 3.8) is 0 Å². The number of para-hydroxylation sites is 5. The van der Waals surface area contributed by atoms with E-state index in [1.807, 2.05) is 42.5 Å². The summed E-state index contributed by atoms with van der Waals surface area (Å²) in [5, 5.41) is 11.1. The van der Waals surface area contributed by atoms with Crippen molar-refractivity contribution < 1.29 is 22.4 Å². The number of nitrogens with zero attached hydrogens (tertiary/aromatic N) is 4. The van der Waals surface area contributed by atoms with Crippen LogP contribution in [-0.4, -0.2) is 0 Å². The Morgan fingerprint density at radius 2 is 0.939 bits per heavy atom. The maximum Gasteiger partial charge on any atom is 0.0997 e. The summed E-state index contributed by atoms with van der Waals surface area (Å²) in [5.41, 5.74) is 13.3. The van der Waals surface area contributed by atoms with Crippen molar-refractivity contribution in [2.45, 2.75) is 79.1 Å². The molecule has 255 valence electrons. The predicted octanol–water partition coefficient (Wildman–Crippen LogP) is 12.4. The maximum atomic E-state index is 9.04. The Morgan fingerprint density at radius 3 is 1.39 bits per heavy atom. The number of hydrogen-bond acceptors (Lipinski definition) is 3. The second kappa shape index (κ2) is 15.1. The minimum atomic E-state index is 0. The van der Waals surface area contributed by atoms with Gasteiger partial charge in [-0.15, -0.1) is 17.7 Å². The van der Waals surface area contributed by atoms with Crippen molar-refractivity contribution >= 4 is 44.6 Å². The number of benzene rings is 5. The van der Waals surface area contributed by atoms with Gasteiger partial charge in [-0.2, -0.15) is 5.26 Å². The largest absolute Gasteiger partial charge is 0.657 e. The molecule has 0 spiro atoms. The third-order valence-electron chi connectivity index (χ3n) is 9.38. The molecule has 0 bridgehead atoms. The normalized spacial score (nSPS) is 12.5. The fraction of sp³-hybridized carbons (Fsp3) is 0.273. The second-order valence-electron chi connectivity index (χ2n) is 14.0. The first-order valence-electron chi connectivity index (χ1n) is 17.2. The summed E-state index contributed by atoms with van der Waals surface area (Å²) in [7, 11) is 0. The van der Waals surface area contributed by atoms with E-state index in [4.69, 9.17) is 5.26 Å². The second-order valence-corrected chi connectivity index (χ2v) is 14.0. The Balaban J connectivity index is 0.000000243. The molecule has 1 aromatic heterocycles. The smallest absolute Gasteiger partial charge is 0.0997 e. The molecule has 0 N–H and O–H groups in total. The molecule has 0 saturated carbocycles. The summed E-state index contributed by atoms with van der Waals surface area (Å²) in [5.74, 6) is 1.79. The number of aromatic nitrogens is 1. The van der Waals surface area contributed by atoms with E-state index in [0.29, 0.717) is 29.2 Å². The fourth-order valence-electron chi connectivity index (χ4n) is 6.97. The Kier molecular flexibility index (Phi) is 11.1. The number of anilines is 4. The summed E-state index contributed by atoms with van der Waals surface area (Å²) in [4.78, 5) is 9.36. The van der Waals surface area contributed by atoms with Crippen LogP contribution in [0.25, 0.3) is 21.8 Å². The molecule has 0 saturated heterocycles. The molecule has 5 aromatic carbocycles. The van der Waals surface area contributed by atoms with Gasteiger partial charge in [-0.3, -0.25) is 0 Å². The quantitative estimate of drug-likeness (QED) is 0.124. The van der Waals surface area contributed by atoms with Gasteiger partial charge in [0.25, 0.3) is 0 Å². The van der Waals surface area contributed by atoms with Crippen LogP contribution >= 0.6 is 0 Å². The van der Waals surface area contributed by atoms with Crippen molar-refractivity contribution in [2.24, 2.45) is 0 Å². The van der Waals surface area contributed by atoms with E-state index in [0.717, 1.165) is 21.8 Å². The molecule has 2 heterocycles. The van der Waals surface area contributed by atoms with Gasteiger partial charge < -0.3 is 14.8 Å². The van der Waals surface area contributed by atoms with E-state index >= 15 is 0 Å². The molecular weight excluding hydrogens is 781 g/mol. The number of fused-ring (bicyclic) bond motifs is 4. The fourth-order valence-corrected chi connectivity index (χ4v) is 6.97. The summed E-state index contributed by atoms with van der Waals surface area (Å²) in [6.07, 6.45) is 0. The average molecular weight is 828 g/mol. The number of rotatable bonds is 6. The standard InChI is InChI=1S/C31H39N2.C13H7N2.Au/c1-20(2)24-13-11-14-25(21(3)4)30(24)32-19-33(29-18-10-9-17-28(29)32)31-26(22(5)6)15-12-16-27(31)23(7)8;14-8-9-4-3-7-12-13(9)10-5-1-2-6-11(10)15-12;/h9-23H,1-8H3;1-7H;/q2*-1;. The van der Waals surface area contributed by atoms with E-state index in [-0.39, 0.29) is 22.4 Å². The van der Waals surface area contributed by atoms with E-state index in [2.05, 4.69) is 144 Å². The summed E-state index contributed by atoms with van der Waals surface area (Å²) in [6.45, 7) is 20.7. The van der Waals surface area contributed by atoms with Gasteiger partial charge in [0.1, 0.15) is 0 Å². The average Bonchev–Trinajstić information content (AvgIpc) is 3.66. The Hall–Kier alpha value is -4.27. The van der Waals surface area contributed by atoms with Crippen LogP contribution in [0.15, 0.2) is 103 Å². The summed E-state index contributed by atoms with van der Waals surface area (Å²) < 4.78 is 0. The Morgan fingerprint density at radius 1 is 0.531 bits per heavy atom. The van der Waals surface area contributed by atoms with Crippen LogP contribution in [0.5, 0.6) is 0 Å². The molecule has 0 amide bonds. The molecule has 1 aliphatic heterocycles. The molecule has 4 nitrogen and oxygen atoms in total. The SMILES string of the molecule is CC(C)c1cccc(C(C)C)c1N1[CH-]N(c2c(C(C)C)cccc2C(C)C)c2ccccc21.N#Cc1cccc2[n-]c3ccccc3c12.[Au]. The molecule has 0 fully saturated rings. The van der Waals surface area contributed by atoms with E-state index < -0.39 is 0 Å².